The average molecular weight is 578 g/mol. The monoisotopic (exact) mass is 577 g/mol. The van der Waals surface area contributed by atoms with Gasteiger partial charge in [-0.25, -0.2) is 22.9 Å². The van der Waals surface area contributed by atoms with Crippen LogP contribution in [-0.2, 0) is 14.3 Å². The van der Waals surface area contributed by atoms with Gasteiger partial charge in [-0.3, -0.25) is 19.6 Å². The van der Waals surface area contributed by atoms with E-state index in [1.54, 1.807) is 36.4 Å². The number of likely N-dealkylation sites (tertiary alicyclic amines) is 2. The predicted octanol–water partition coefficient (Wildman–Crippen LogP) is 3.37. The number of aliphatic carboxylic acids is 1. The number of carbonyl (C=O) groups is 2. The van der Waals surface area contributed by atoms with Crippen molar-refractivity contribution in [2.75, 3.05) is 26.2 Å². The van der Waals surface area contributed by atoms with Crippen LogP contribution in [0.4, 0.5) is 13.2 Å². The molecule has 40 heavy (non-hydrogen) atoms. The summed E-state index contributed by atoms with van der Waals surface area (Å²) in [6, 6.07) is 0.590. The maximum absolute atomic E-state index is 15.4. The van der Waals surface area contributed by atoms with Gasteiger partial charge in [0.1, 0.15) is 17.9 Å². The molecule has 1 aromatic heterocycles. The van der Waals surface area contributed by atoms with Crippen molar-refractivity contribution in [2.24, 2.45) is 4.99 Å². The number of benzene rings is 1. The predicted molar refractivity (Wildman–Crippen MR) is 142 cm³/mol. The first-order chi connectivity index (χ1) is 19.0. The molecule has 3 aliphatic heterocycles. The number of thiazole rings is 1. The van der Waals surface area contributed by atoms with Gasteiger partial charge < -0.3 is 15.2 Å². The zero-order valence-corrected chi connectivity index (χ0v) is 23.1. The van der Waals surface area contributed by atoms with Gasteiger partial charge in [0.2, 0.25) is 0 Å². The first kappa shape index (κ1) is 28.2. The molecular weight excluding hydrogens is 547 g/mol. The van der Waals surface area contributed by atoms with Gasteiger partial charge in [0.25, 0.3) is 5.92 Å². The van der Waals surface area contributed by atoms with E-state index in [1.165, 1.54) is 35.3 Å². The molecule has 0 radical (unpaired) electrons. The smallest absolute Gasteiger partial charge is 0.338 e. The van der Waals surface area contributed by atoms with Crippen LogP contribution in [0.15, 0.2) is 46.0 Å². The van der Waals surface area contributed by atoms with Crippen LogP contribution in [0.1, 0.15) is 42.4 Å². The van der Waals surface area contributed by atoms with E-state index in [-0.39, 0.29) is 25.3 Å². The second kappa shape index (κ2) is 10.9. The lowest BCUT2D eigenvalue weighted by atomic mass is 9.92. The second-order valence-corrected chi connectivity index (χ2v) is 11.0. The van der Waals surface area contributed by atoms with Crippen molar-refractivity contribution in [3.05, 3.63) is 63.0 Å². The molecule has 2 saturated heterocycles. The van der Waals surface area contributed by atoms with Gasteiger partial charge >= 0.3 is 11.9 Å². The van der Waals surface area contributed by atoms with Gasteiger partial charge in [0.15, 0.2) is 10.8 Å². The molecule has 9 nitrogen and oxygen atoms in total. The number of nitrogens with zero attached hydrogens (tertiary/aromatic N) is 4. The van der Waals surface area contributed by atoms with Gasteiger partial charge in [-0.15, -0.1) is 11.3 Å². The Morgan fingerprint density at radius 1 is 1.35 bits per heavy atom. The Morgan fingerprint density at radius 3 is 2.80 bits per heavy atom. The Labute approximate surface area is 233 Å². The average Bonchev–Trinajstić information content (AvgIpc) is 3.64. The van der Waals surface area contributed by atoms with Crippen LogP contribution in [0.25, 0.3) is 0 Å². The highest BCUT2D eigenvalue weighted by molar-refractivity contribution is 7.11. The van der Waals surface area contributed by atoms with Gasteiger partial charge in [-0.1, -0.05) is 12.1 Å². The van der Waals surface area contributed by atoms with Crippen molar-refractivity contribution in [3.63, 3.8) is 0 Å². The number of carboxylic acid groups (broad SMARTS) is 1. The third kappa shape index (κ3) is 5.01. The summed E-state index contributed by atoms with van der Waals surface area (Å²) in [7, 11) is 0. The molecule has 3 aliphatic rings. The van der Waals surface area contributed by atoms with Crippen LogP contribution in [0.5, 0.6) is 0 Å². The highest BCUT2D eigenvalue weighted by Crippen LogP contribution is 2.43. The van der Waals surface area contributed by atoms with E-state index < -0.39 is 54.4 Å². The first-order valence-electron chi connectivity index (χ1n) is 13.0. The normalized spacial score (nSPS) is 25.4. The number of fused-ring (bicyclic) bond motifs is 1. The number of alkyl halides is 2. The molecule has 0 spiro atoms. The molecule has 1 aromatic carbocycles. The van der Waals surface area contributed by atoms with Crippen LogP contribution in [0.3, 0.4) is 0 Å². The molecule has 2 aromatic rings. The van der Waals surface area contributed by atoms with Gasteiger partial charge in [-0.2, -0.15) is 0 Å². The topological polar surface area (TPSA) is 107 Å². The van der Waals surface area contributed by atoms with Gasteiger partial charge in [0, 0.05) is 36.4 Å². The van der Waals surface area contributed by atoms with Crippen molar-refractivity contribution >= 4 is 29.1 Å². The molecule has 0 amide bonds. The van der Waals surface area contributed by atoms with Crippen molar-refractivity contribution in [1.29, 1.82) is 0 Å². The Kier molecular flexibility index (Phi) is 7.73. The highest BCUT2D eigenvalue weighted by Gasteiger charge is 2.60. The summed E-state index contributed by atoms with van der Waals surface area (Å²) in [6.45, 7) is 4.26. The fourth-order valence-corrected chi connectivity index (χ4v) is 6.49. The number of carbonyl (C=O) groups excluding carboxylic acids is 1. The van der Waals surface area contributed by atoms with Crippen molar-refractivity contribution in [3.8, 4) is 0 Å². The van der Waals surface area contributed by atoms with Gasteiger partial charge in [-0.05, 0) is 44.4 Å². The lowest BCUT2D eigenvalue weighted by Gasteiger charge is -2.31. The number of halogens is 3. The van der Waals surface area contributed by atoms with E-state index in [0.717, 1.165) is 0 Å². The quantitative estimate of drug-likeness (QED) is 0.460. The molecule has 0 saturated carbocycles. The number of esters is 1. The lowest BCUT2D eigenvalue weighted by molar-refractivity contribution is -0.145. The van der Waals surface area contributed by atoms with E-state index >= 15 is 8.78 Å². The minimum Gasteiger partial charge on any atom is -0.480 e. The number of hydrogen-bond donors (Lipinski definition) is 2. The number of nitrogens with one attached hydrogen (secondary N) is 1. The zero-order valence-electron chi connectivity index (χ0n) is 22.2. The van der Waals surface area contributed by atoms with E-state index in [4.69, 9.17) is 9.73 Å². The number of aromatic nitrogens is 1. The van der Waals surface area contributed by atoms with E-state index in [1.807, 2.05) is 0 Å². The summed E-state index contributed by atoms with van der Waals surface area (Å²) in [5.74, 6) is -5.15. The molecular formula is C27H30F3N5O4S. The molecule has 214 valence electrons. The number of rotatable bonds is 8. The minimum atomic E-state index is -3.17. The summed E-state index contributed by atoms with van der Waals surface area (Å²) in [5, 5.41) is 14.9. The maximum Gasteiger partial charge on any atom is 0.338 e. The largest absolute Gasteiger partial charge is 0.480 e. The molecule has 4 atom stereocenters. The molecule has 2 N–H and O–H groups in total. The summed E-state index contributed by atoms with van der Waals surface area (Å²) in [6.07, 6.45) is 1.94. The summed E-state index contributed by atoms with van der Waals surface area (Å²) < 4.78 is 50.9. The maximum atomic E-state index is 15.4. The van der Waals surface area contributed by atoms with Crippen LogP contribution in [-0.4, -0.2) is 88.0 Å². The number of amidine groups is 1. The lowest BCUT2D eigenvalue weighted by Crippen LogP contribution is -2.51. The Balaban J connectivity index is 1.58. The number of hydrogen-bond acceptors (Lipinski definition) is 9. The fraction of sp³-hybridized carbons (Fsp3) is 0.481. The van der Waals surface area contributed by atoms with Crippen LogP contribution < -0.4 is 5.32 Å². The van der Waals surface area contributed by atoms with Gasteiger partial charge in [0.05, 0.1) is 24.8 Å². The fourth-order valence-electron chi connectivity index (χ4n) is 5.90. The molecule has 0 aliphatic carbocycles. The van der Waals surface area contributed by atoms with E-state index in [2.05, 4.69) is 10.3 Å². The molecule has 0 bridgehead atoms. The number of ether oxygens (including phenoxy) is 1. The van der Waals surface area contributed by atoms with Crippen molar-refractivity contribution in [2.45, 2.75) is 57.3 Å². The summed E-state index contributed by atoms with van der Waals surface area (Å²) in [4.78, 5) is 37.0. The van der Waals surface area contributed by atoms with Crippen molar-refractivity contribution in [1.82, 2.24) is 20.1 Å². The molecule has 4 heterocycles. The van der Waals surface area contributed by atoms with Crippen molar-refractivity contribution < 1.29 is 32.6 Å². The number of carboxylic acids is 1. The Bertz CT molecular complexity index is 1370. The molecule has 13 heteroatoms. The second-order valence-electron chi connectivity index (χ2n) is 10.1. The molecule has 2 fully saturated rings. The zero-order chi connectivity index (χ0) is 28.8. The molecule has 0 unspecified atom stereocenters. The minimum absolute atomic E-state index is 0.0715. The molecule has 5 rings (SSSR count). The summed E-state index contributed by atoms with van der Waals surface area (Å²) >= 11 is 1.31. The van der Waals surface area contributed by atoms with Crippen LogP contribution in [0.2, 0.25) is 0 Å². The third-order valence-corrected chi connectivity index (χ3v) is 8.58. The standard InChI is InChI=1S/C27H30F3N5O4S/c1-4-39-26(38)20-18(12-34-13-27(29,30)22-19(34)8-10-35(22)15(3)25(36)37)32-23(24-31-9-11-40-24)33-21(20)16-6-5-7-17(28)14(16)2/h5-7,9,11,15,19,21-22H,4,8,10,12-13H2,1-3H3,(H,32,33)(H,36,37)/t15-,19+,21+,22-/m1/s1. The highest BCUT2D eigenvalue weighted by atomic mass is 32.1. The SMILES string of the molecule is CCOC(=O)C1=C(CN2CC(F)(F)[C@H]3[C@@H]2CCN3[C@H](C)C(=O)O)NC(c2nccs2)=N[C@H]1c1cccc(F)c1C. The van der Waals surface area contributed by atoms with Crippen LogP contribution >= 0.6 is 11.3 Å². The van der Waals surface area contributed by atoms with E-state index in [0.29, 0.717) is 34.1 Å². The first-order valence-corrected chi connectivity index (χ1v) is 13.9. The summed E-state index contributed by atoms with van der Waals surface area (Å²) in [5.41, 5.74) is 1.17. The van der Waals surface area contributed by atoms with Crippen LogP contribution in [0, 0.1) is 12.7 Å². The Morgan fingerprint density at radius 2 is 2.12 bits per heavy atom. The third-order valence-electron chi connectivity index (χ3n) is 7.80. The number of aliphatic imine (C=N–C) groups is 1. The Hall–Kier alpha value is -3.29. The van der Waals surface area contributed by atoms with E-state index in [9.17, 15) is 19.1 Å².